The summed E-state index contributed by atoms with van der Waals surface area (Å²) in [6, 6.07) is 11.5. The molecule has 2 aromatic carbocycles. The van der Waals surface area contributed by atoms with Gasteiger partial charge in [-0.1, -0.05) is 52.0 Å². The van der Waals surface area contributed by atoms with Crippen LogP contribution in [0.25, 0.3) is 22.6 Å². The van der Waals surface area contributed by atoms with Crippen molar-refractivity contribution in [3.8, 4) is 0 Å². The van der Waals surface area contributed by atoms with E-state index < -0.39 is 5.82 Å². The number of aromatic nitrogens is 2. The van der Waals surface area contributed by atoms with Gasteiger partial charge in [0.15, 0.2) is 0 Å². The minimum Gasteiger partial charge on any atom is -0.383 e. The van der Waals surface area contributed by atoms with Gasteiger partial charge in [-0.2, -0.15) is 0 Å². The van der Waals surface area contributed by atoms with Crippen molar-refractivity contribution in [3.63, 3.8) is 0 Å². The molecular weight excluding hydrogens is 427 g/mol. The summed E-state index contributed by atoms with van der Waals surface area (Å²) in [7, 11) is 0. The van der Waals surface area contributed by atoms with Crippen molar-refractivity contribution in [1.29, 1.82) is 0 Å². The molecule has 1 aliphatic rings. The highest BCUT2D eigenvalue weighted by atomic mass is 19.1. The molecule has 5 nitrogen and oxygen atoms in total. The molecule has 1 aliphatic heterocycles. The lowest BCUT2D eigenvalue weighted by Gasteiger charge is -2.18. The van der Waals surface area contributed by atoms with Crippen molar-refractivity contribution in [2.75, 3.05) is 31.5 Å². The lowest BCUT2D eigenvalue weighted by atomic mass is 10.0. The topological polar surface area (TPSA) is 50.2 Å². The summed E-state index contributed by atoms with van der Waals surface area (Å²) in [6.45, 7) is 12.9. The largest absolute Gasteiger partial charge is 0.383 e. The summed E-state index contributed by atoms with van der Waals surface area (Å²) in [5.41, 5.74) is 4.19. The Labute approximate surface area is 201 Å². The van der Waals surface area contributed by atoms with Crippen molar-refractivity contribution >= 4 is 28.2 Å². The minimum absolute atomic E-state index is 0.175. The van der Waals surface area contributed by atoms with Gasteiger partial charge in [0.2, 0.25) is 0 Å². The van der Waals surface area contributed by atoms with Crippen molar-refractivity contribution in [3.05, 3.63) is 69.5 Å². The third-order valence-electron chi connectivity index (χ3n) is 6.74. The van der Waals surface area contributed by atoms with Crippen LogP contribution in [0.4, 0.5) is 10.1 Å². The molecule has 0 amide bonds. The van der Waals surface area contributed by atoms with Crippen LogP contribution in [-0.4, -0.2) is 40.6 Å². The minimum atomic E-state index is -0.409. The number of hydrogen-bond donors (Lipinski definition) is 1. The van der Waals surface area contributed by atoms with Gasteiger partial charge in [-0.25, -0.2) is 9.37 Å². The number of rotatable bonds is 9. The first kappa shape index (κ1) is 24.1. The third-order valence-corrected chi connectivity index (χ3v) is 6.74. The maximum Gasteiger partial charge on any atom is 0.261 e. The van der Waals surface area contributed by atoms with E-state index in [0.29, 0.717) is 41.4 Å². The molecule has 34 heavy (non-hydrogen) atoms. The number of nitrogens with one attached hydrogen (secondary N) is 1. The van der Waals surface area contributed by atoms with Gasteiger partial charge in [-0.05, 0) is 73.3 Å². The van der Waals surface area contributed by atoms with Crippen LogP contribution in [0.1, 0.15) is 63.4 Å². The first-order valence-electron chi connectivity index (χ1n) is 12.4. The summed E-state index contributed by atoms with van der Waals surface area (Å²) in [6.07, 6.45) is 3.77. The number of fused-ring (bicyclic) bond motifs is 2. The van der Waals surface area contributed by atoms with Gasteiger partial charge < -0.3 is 10.2 Å². The fourth-order valence-electron chi connectivity index (χ4n) is 4.55. The van der Waals surface area contributed by atoms with Crippen molar-refractivity contribution in [2.24, 2.45) is 0 Å². The molecule has 0 spiro atoms. The maximum atomic E-state index is 14.8. The Morgan fingerprint density at radius 1 is 1.18 bits per heavy atom. The Hall–Kier alpha value is -2.99. The van der Waals surface area contributed by atoms with Gasteiger partial charge in [-0.15, -0.1) is 0 Å². The van der Waals surface area contributed by atoms with E-state index in [4.69, 9.17) is 4.98 Å². The molecular formula is C28H35FN4O. The van der Waals surface area contributed by atoms with E-state index >= 15 is 0 Å². The molecule has 0 aliphatic carbocycles. The van der Waals surface area contributed by atoms with Crippen LogP contribution in [0.3, 0.4) is 0 Å². The average Bonchev–Trinajstić information content (AvgIpc) is 3.23. The summed E-state index contributed by atoms with van der Waals surface area (Å²) in [5.74, 6) is 0.763. The molecule has 1 aromatic heterocycles. The van der Waals surface area contributed by atoms with Crippen LogP contribution in [0, 0.1) is 5.82 Å². The van der Waals surface area contributed by atoms with Gasteiger partial charge in [0.25, 0.3) is 5.56 Å². The Morgan fingerprint density at radius 3 is 2.59 bits per heavy atom. The SMILES string of the molecule is CCN(CC)CCCNc1cc2nc3n(c(=O)c2cc1F)CC/C3=C\c1ccc(C(C)C)cc1. The molecule has 0 saturated carbocycles. The van der Waals surface area contributed by atoms with Crippen LogP contribution < -0.4 is 10.9 Å². The smallest absolute Gasteiger partial charge is 0.261 e. The summed E-state index contributed by atoms with van der Waals surface area (Å²) < 4.78 is 16.4. The summed E-state index contributed by atoms with van der Waals surface area (Å²) >= 11 is 0. The summed E-state index contributed by atoms with van der Waals surface area (Å²) in [5, 5.41) is 3.53. The van der Waals surface area contributed by atoms with Crippen LogP contribution in [0.15, 0.2) is 41.2 Å². The second-order valence-corrected chi connectivity index (χ2v) is 9.29. The maximum absolute atomic E-state index is 14.8. The molecule has 180 valence electrons. The molecule has 1 N–H and O–H groups in total. The molecule has 0 radical (unpaired) electrons. The highest BCUT2D eigenvalue weighted by Crippen LogP contribution is 2.29. The fourth-order valence-corrected chi connectivity index (χ4v) is 4.55. The van der Waals surface area contributed by atoms with E-state index in [-0.39, 0.29) is 5.56 Å². The molecule has 4 rings (SSSR count). The van der Waals surface area contributed by atoms with Gasteiger partial charge in [0.1, 0.15) is 11.6 Å². The molecule has 2 heterocycles. The van der Waals surface area contributed by atoms with E-state index in [1.54, 1.807) is 10.6 Å². The highest BCUT2D eigenvalue weighted by Gasteiger charge is 2.22. The molecule has 0 bridgehead atoms. The Bertz CT molecular complexity index is 1240. The first-order valence-corrected chi connectivity index (χ1v) is 12.4. The average molecular weight is 463 g/mol. The van der Waals surface area contributed by atoms with E-state index in [1.165, 1.54) is 11.6 Å². The molecule has 0 atom stereocenters. The van der Waals surface area contributed by atoms with E-state index in [1.807, 2.05) is 0 Å². The van der Waals surface area contributed by atoms with Crippen molar-refractivity contribution in [1.82, 2.24) is 14.5 Å². The lowest BCUT2D eigenvalue weighted by Crippen LogP contribution is -2.25. The van der Waals surface area contributed by atoms with E-state index in [9.17, 15) is 9.18 Å². The number of halogens is 1. The molecule has 0 fully saturated rings. The number of nitrogens with zero attached hydrogens (tertiary/aromatic N) is 3. The normalized spacial score (nSPS) is 14.5. The highest BCUT2D eigenvalue weighted by molar-refractivity contribution is 5.86. The van der Waals surface area contributed by atoms with Gasteiger partial charge >= 0.3 is 0 Å². The first-order chi connectivity index (χ1) is 16.4. The third kappa shape index (κ3) is 5.07. The molecule has 0 unspecified atom stereocenters. The van der Waals surface area contributed by atoms with Crippen molar-refractivity contribution in [2.45, 2.75) is 53.0 Å². The van der Waals surface area contributed by atoms with Crippen LogP contribution in [0.5, 0.6) is 0 Å². The Kier molecular flexibility index (Phi) is 7.47. The van der Waals surface area contributed by atoms with E-state index in [0.717, 1.165) is 43.6 Å². The standard InChI is InChI=1S/C28H35FN4O/c1-5-32(6-2)14-7-13-30-26-18-25-23(17-24(26)29)28(34)33-15-12-22(27(33)31-25)16-20-8-10-21(11-9-20)19(3)4/h8-11,16-19,30H,5-7,12-15H2,1-4H3/b22-16+. The number of hydrogen-bond acceptors (Lipinski definition) is 4. The lowest BCUT2D eigenvalue weighted by molar-refractivity contribution is 0.303. The molecule has 6 heteroatoms. The second kappa shape index (κ2) is 10.5. The predicted octanol–water partition coefficient (Wildman–Crippen LogP) is 5.75. The van der Waals surface area contributed by atoms with Gasteiger partial charge in [0, 0.05) is 13.1 Å². The van der Waals surface area contributed by atoms with Gasteiger partial charge in [0.05, 0.1) is 16.6 Å². The fraction of sp³-hybridized carbons (Fsp3) is 0.429. The number of anilines is 1. The monoisotopic (exact) mass is 462 g/mol. The summed E-state index contributed by atoms with van der Waals surface area (Å²) in [4.78, 5) is 20.3. The number of benzene rings is 2. The molecule has 0 saturated heterocycles. The second-order valence-electron chi connectivity index (χ2n) is 9.29. The van der Waals surface area contributed by atoms with Crippen LogP contribution in [-0.2, 0) is 6.54 Å². The Balaban J connectivity index is 1.60. The van der Waals surface area contributed by atoms with Crippen LogP contribution in [0.2, 0.25) is 0 Å². The molecule has 3 aromatic rings. The zero-order chi connectivity index (χ0) is 24.2. The van der Waals surface area contributed by atoms with E-state index in [2.05, 4.69) is 68.3 Å². The zero-order valence-electron chi connectivity index (χ0n) is 20.7. The zero-order valence-corrected chi connectivity index (χ0v) is 20.7. The van der Waals surface area contributed by atoms with Gasteiger partial charge in [-0.3, -0.25) is 9.36 Å². The predicted molar refractivity (Wildman–Crippen MR) is 140 cm³/mol. The van der Waals surface area contributed by atoms with Crippen LogP contribution >= 0.6 is 0 Å². The Morgan fingerprint density at radius 2 is 1.91 bits per heavy atom. The van der Waals surface area contributed by atoms with Crippen molar-refractivity contribution < 1.29 is 4.39 Å². The number of allylic oxidation sites excluding steroid dienone is 1. The quantitative estimate of drug-likeness (QED) is 0.412.